The van der Waals surface area contributed by atoms with Crippen LogP contribution in [-0.4, -0.2) is 36.6 Å². The van der Waals surface area contributed by atoms with Crippen LogP contribution in [0.3, 0.4) is 0 Å². The fourth-order valence-corrected chi connectivity index (χ4v) is 2.82. The molecular weight excluding hydrogens is 332 g/mol. The van der Waals surface area contributed by atoms with Gasteiger partial charge < -0.3 is 20.3 Å². The maximum absolute atomic E-state index is 12.1. The minimum atomic E-state index is -0.280. The van der Waals surface area contributed by atoms with E-state index in [1.165, 1.54) is 0 Å². The summed E-state index contributed by atoms with van der Waals surface area (Å²) in [5.74, 6) is 0.559. The highest BCUT2D eigenvalue weighted by Gasteiger charge is 2.24. The number of nitrogens with one attached hydrogen (secondary N) is 2. The van der Waals surface area contributed by atoms with Gasteiger partial charge in [-0.2, -0.15) is 0 Å². The summed E-state index contributed by atoms with van der Waals surface area (Å²) in [5.41, 5.74) is 2.30. The maximum atomic E-state index is 12.1. The third-order valence-corrected chi connectivity index (χ3v) is 4.10. The van der Waals surface area contributed by atoms with Gasteiger partial charge in [-0.05, 0) is 50.1 Å². The molecule has 1 aliphatic rings. The second-order valence-corrected chi connectivity index (χ2v) is 5.91. The number of carbonyl (C=O) groups is 2. The van der Waals surface area contributed by atoms with Gasteiger partial charge in [0, 0.05) is 30.7 Å². The van der Waals surface area contributed by atoms with Crippen LogP contribution in [0.25, 0.3) is 0 Å². The Balaban J connectivity index is 1.51. The zero-order valence-electron chi connectivity index (χ0n) is 14.7. The van der Waals surface area contributed by atoms with Gasteiger partial charge in [0.2, 0.25) is 0 Å². The normalized spacial score (nSPS) is 13.0. The number of aromatic nitrogens is 1. The van der Waals surface area contributed by atoms with Crippen molar-refractivity contribution in [3.05, 3.63) is 48.3 Å². The number of nitrogens with zero attached hydrogens (tertiary/aromatic N) is 2. The zero-order chi connectivity index (χ0) is 18.4. The van der Waals surface area contributed by atoms with Crippen molar-refractivity contribution in [3.63, 3.8) is 0 Å². The average Bonchev–Trinajstić information content (AvgIpc) is 2.66. The van der Waals surface area contributed by atoms with E-state index in [2.05, 4.69) is 15.6 Å². The number of fused-ring (bicyclic) bond motifs is 1. The van der Waals surface area contributed by atoms with E-state index in [-0.39, 0.29) is 18.5 Å². The highest BCUT2D eigenvalue weighted by Crippen LogP contribution is 2.34. The van der Waals surface area contributed by atoms with E-state index in [0.717, 1.165) is 18.5 Å². The first-order valence-electron chi connectivity index (χ1n) is 8.69. The standard InChI is InChI=1S/C19H22N4O3/c1-2-23-16-12-15(8-9-17(16)26-13-18(23)24)22-19(25)21-11-5-7-14-6-3-4-10-20-14/h3-4,6,8-10,12H,2,5,7,11,13H2,1H3,(H2,21,22,25). The molecule has 0 radical (unpaired) electrons. The quantitative estimate of drug-likeness (QED) is 0.781. The molecule has 136 valence electrons. The molecule has 1 aromatic carbocycles. The van der Waals surface area contributed by atoms with Crippen molar-refractivity contribution < 1.29 is 14.3 Å². The number of carbonyl (C=O) groups excluding carboxylic acids is 2. The second-order valence-electron chi connectivity index (χ2n) is 5.91. The molecule has 7 heteroatoms. The van der Waals surface area contributed by atoms with Gasteiger partial charge in [-0.15, -0.1) is 0 Å². The molecule has 0 bridgehead atoms. The van der Waals surface area contributed by atoms with Crippen molar-refractivity contribution in [1.29, 1.82) is 0 Å². The van der Waals surface area contributed by atoms with Gasteiger partial charge >= 0.3 is 6.03 Å². The summed E-state index contributed by atoms with van der Waals surface area (Å²) in [6, 6.07) is 10.8. The number of pyridine rings is 1. The van der Waals surface area contributed by atoms with E-state index in [4.69, 9.17) is 4.74 Å². The lowest BCUT2D eigenvalue weighted by atomic mass is 10.2. The van der Waals surface area contributed by atoms with Gasteiger partial charge in [0.1, 0.15) is 5.75 Å². The van der Waals surface area contributed by atoms with Crippen LogP contribution in [0.5, 0.6) is 5.75 Å². The van der Waals surface area contributed by atoms with Gasteiger partial charge in [0.05, 0.1) is 5.69 Å². The van der Waals surface area contributed by atoms with E-state index in [1.54, 1.807) is 29.3 Å². The first kappa shape index (κ1) is 17.7. The van der Waals surface area contributed by atoms with Crippen LogP contribution < -0.4 is 20.3 Å². The number of ether oxygens (including phenoxy) is 1. The highest BCUT2D eigenvalue weighted by molar-refractivity contribution is 5.99. The number of hydrogen-bond acceptors (Lipinski definition) is 4. The predicted octanol–water partition coefficient (Wildman–Crippen LogP) is 2.58. The number of likely N-dealkylation sites (N-methyl/N-ethyl adjacent to an activating group) is 1. The predicted molar refractivity (Wildman–Crippen MR) is 99.5 cm³/mol. The summed E-state index contributed by atoms with van der Waals surface area (Å²) < 4.78 is 5.42. The summed E-state index contributed by atoms with van der Waals surface area (Å²) in [7, 11) is 0. The molecule has 26 heavy (non-hydrogen) atoms. The van der Waals surface area contributed by atoms with Crippen molar-refractivity contribution in [2.45, 2.75) is 19.8 Å². The highest BCUT2D eigenvalue weighted by atomic mass is 16.5. The molecule has 0 saturated heterocycles. The summed E-state index contributed by atoms with van der Waals surface area (Å²) in [6.07, 6.45) is 3.38. The molecular formula is C19H22N4O3. The Hall–Kier alpha value is -3.09. The van der Waals surface area contributed by atoms with Crippen molar-refractivity contribution >= 4 is 23.3 Å². The van der Waals surface area contributed by atoms with Crippen molar-refractivity contribution in [2.75, 3.05) is 29.9 Å². The first-order chi connectivity index (χ1) is 12.7. The molecule has 0 spiro atoms. The Bertz CT molecular complexity index is 780. The Morgan fingerprint density at radius 1 is 1.31 bits per heavy atom. The number of aryl methyl sites for hydroxylation is 1. The van der Waals surface area contributed by atoms with Gasteiger partial charge in [-0.1, -0.05) is 6.07 Å². The number of hydrogen-bond donors (Lipinski definition) is 2. The maximum Gasteiger partial charge on any atom is 0.319 e. The van der Waals surface area contributed by atoms with Crippen molar-refractivity contribution in [2.24, 2.45) is 0 Å². The van der Waals surface area contributed by atoms with Crippen LogP contribution in [0.2, 0.25) is 0 Å². The van der Waals surface area contributed by atoms with Crippen LogP contribution in [0, 0.1) is 0 Å². The molecule has 3 rings (SSSR count). The van der Waals surface area contributed by atoms with Crippen LogP contribution in [0.4, 0.5) is 16.2 Å². The number of rotatable bonds is 6. The van der Waals surface area contributed by atoms with E-state index < -0.39 is 0 Å². The number of amides is 3. The molecule has 2 aromatic rings. The van der Waals surface area contributed by atoms with Crippen LogP contribution in [-0.2, 0) is 11.2 Å². The number of benzene rings is 1. The topological polar surface area (TPSA) is 83.6 Å². The lowest BCUT2D eigenvalue weighted by molar-refractivity contribution is -0.121. The van der Waals surface area contributed by atoms with Crippen molar-refractivity contribution in [1.82, 2.24) is 10.3 Å². The summed E-state index contributed by atoms with van der Waals surface area (Å²) in [6.45, 7) is 3.06. The molecule has 0 saturated carbocycles. The molecule has 2 heterocycles. The summed E-state index contributed by atoms with van der Waals surface area (Å²) >= 11 is 0. The Morgan fingerprint density at radius 3 is 2.96 bits per heavy atom. The largest absolute Gasteiger partial charge is 0.482 e. The Morgan fingerprint density at radius 2 is 2.19 bits per heavy atom. The smallest absolute Gasteiger partial charge is 0.319 e. The lowest BCUT2D eigenvalue weighted by Crippen LogP contribution is -2.38. The minimum Gasteiger partial charge on any atom is -0.482 e. The van der Waals surface area contributed by atoms with E-state index in [9.17, 15) is 9.59 Å². The van der Waals surface area contributed by atoms with E-state index >= 15 is 0 Å². The van der Waals surface area contributed by atoms with E-state index in [1.807, 2.05) is 25.1 Å². The lowest BCUT2D eigenvalue weighted by Gasteiger charge is -2.28. The fourth-order valence-electron chi connectivity index (χ4n) is 2.82. The first-order valence-corrected chi connectivity index (χ1v) is 8.69. The van der Waals surface area contributed by atoms with E-state index in [0.29, 0.717) is 30.2 Å². The average molecular weight is 354 g/mol. The van der Waals surface area contributed by atoms with Crippen LogP contribution >= 0.6 is 0 Å². The van der Waals surface area contributed by atoms with Crippen LogP contribution in [0.1, 0.15) is 19.0 Å². The molecule has 0 fully saturated rings. The Labute approximate surface area is 152 Å². The molecule has 0 unspecified atom stereocenters. The third-order valence-electron chi connectivity index (χ3n) is 4.10. The number of anilines is 2. The molecule has 1 aromatic heterocycles. The molecule has 0 atom stereocenters. The molecule has 7 nitrogen and oxygen atoms in total. The molecule has 1 aliphatic heterocycles. The van der Waals surface area contributed by atoms with Gasteiger partial charge in [-0.3, -0.25) is 9.78 Å². The SMILES string of the molecule is CCN1C(=O)COc2ccc(NC(=O)NCCCc3ccccn3)cc21. The second kappa shape index (κ2) is 8.33. The zero-order valence-corrected chi connectivity index (χ0v) is 14.7. The summed E-state index contributed by atoms with van der Waals surface area (Å²) in [5, 5.41) is 5.62. The van der Waals surface area contributed by atoms with Gasteiger partial charge in [0.25, 0.3) is 5.91 Å². The molecule has 3 amide bonds. The monoisotopic (exact) mass is 354 g/mol. The third kappa shape index (κ3) is 4.30. The fraction of sp³-hybridized carbons (Fsp3) is 0.316. The molecule has 2 N–H and O–H groups in total. The minimum absolute atomic E-state index is 0.0460. The number of urea groups is 1. The van der Waals surface area contributed by atoms with Crippen LogP contribution in [0.15, 0.2) is 42.6 Å². The summed E-state index contributed by atoms with van der Waals surface area (Å²) in [4.78, 5) is 29.9. The van der Waals surface area contributed by atoms with Gasteiger partial charge in [0.15, 0.2) is 6.61 Å². The van der Waals surface area contributed by atoms with Crippen molar-refractivity contribution in [3.8, 4) is 5.75 Å². The Kier molecular flexibility index (Phi) is 5.68. The molecule has 0 aliphatic carbocycles. The van der Waals surface area contributed by atoms with Gasteiger partial charge in [-0.25, -0.2) is 4.79 Å².